The Morgan fingerprint density at radius 1 is 1.12 bits per heavy atom. The zero-order valence-corrected chi connectivity index (χ0v) is 19.8. The molecule has 0 bridgehead atoms. The normalized spacial score (nSPS) is 12.2. The maximum absolute atomic E-state index is 13.8. The van der Waals surface area contributed by atoms with Crippen molar-refractivity contribution in [1.29, 1.82) is 0 Å². The number of imidazole rings is 1. The SMILES string of the molecule is Cc1cc2nc3s/c(=C\c4ccc(OCc5ccccc5F)c(Br)c4)c(=O)n3c2cc1C. The number of ether oxygens (including phenoxy) is 1. The largest absolute Gasteiger partial charge is 0.488 e. The van der Waals surface area contributed by atoms with Crippen LogP contribution in [0.1, 0.15) is 22.3 Å². The first-order valence-corrected chi connectivity index (χ1v) is 11.6. The molecule has 160 valence electrons. The molecule has 0 saturated carbocycles. The molecule has 0 N–H and O–H groups in total. The quantitative estimate of drug-likeness (QED) is 0.319. The lowest BCUT2D eigenvalue weighted by Crippen LogP contribution is -2.22. The van der Waals surface area contributed by atoms with Gasteiger partial charge in [-0.3, -0.25) is 4.79 Å². The third-order valence-electron chi connectivity index (χ3n) is 5.45. The van der Waals surface area contributed by atoms with E-state index < -0.39 is 0 Å². The van der Waals surface area contributed by atoms with Gasteiger partial charge in [0, 0.05) is 5.56 Å². The second kappa shape index (κ2) is 8.15. The van der Waals surface area contributed by atoms with Crippen LogP contribution in [0, 0.1) is 19.7 Å². The van der Waals surface area contributed by atoms with Crippen LogP contribution in [-0.4, -0.2) is 9.38 Å². The molecule has 5 aromatic rings. The van der Waals surface area contributed by atoms with Crippen LogP contribution in [0.4, 0.5) is 4.39 Å². The minimum atomic E-state index is -0.294. The Bertz CT molecular complexity index is 1610. The van der Waals surface area contributed by atoms with Gasteiger partial charge in [0.25, 0.3) is 5.56 Å². The smallest absolute Gasteiger partial charge is 0.274 e. The van der Waals surface area contributed by atoms with E-state index >= 15 is 0 Å². The van der Waals surface area contributed by atoms with Crippen molar-refractivity contribution in [3.63, 3.8) is 0 Å². The second-order valence-corrected chi connectivity index (χ2v) is 9.50. The second-order valence-electron chi connectivity index (χ2n) is 7.64. The van der Waals surface area contributed by atoms with Gasteiger partial charge in [0.2, 0.25) is 0 Å². The summed E-state index contributed by atoms with van der Waals surface area (Å²) in [6.07, 6.45) is 1.85. The molecule has 4 nitrogen and oxygen atoms in total. The number of aryl methyl sites for hydroxylation is 2. The standard InChI is InChI=1S/C25H18BrFN2O2S/c1-14-9-20-21(10-15(14)2)29-24(30)23(32-25(29)28-20)12-16-7-8-22(18(26)11-16)31-13-17-5-3-4-6-19(17)27/h3-12H,13H2,1-2H3/b23-12-. The van der Waals surface area contributed by atoms with Crippen molar-refractivity contribution >= 4 is 49.3 Å². The van der Waals surface area contributed by atoms with Crippen LogP contribution < -0.4 is 14.8 Å². The summed E-state index contributed by atoms with van der Waals surface area (Å²) in [6, 6.07) is 16.1. The Morgan fingerprint density at radius 3 is 2.69 bits per heavy atom. The highest BCUT2D eigenvalue weighted by Gasteiger charge is 2.13. The third-order valence-corrected chi connectivity index (χ3v) is 7.04. The van der Waals surface area contributed by atoms with E-state index in [0.717, 1.165) is 32.2 Å². The van der Waals surface area contributed by atoms with Crippen molar-refractivity contribution < 1.29 is 9.13 Å². The van der Waals surface area contributed by atoms with E-state index in [4.69, 9.17) is 4.74 Å². The number of nitrogens with zero attached hydrogens (tertiary/aromatic N) is 2. The van der Waals surface area contributed by atoms with Crippen LogP contribution >= 0.6 is 27.3 Å². The van der Waals surface area contributed by atoms with Crippen LogP contribution in [-0.2, 0) is 6.61 Å². The first-order chi connectivity index (χ1) is 15.4. The zero-order chi connectivity index (χ0) is 22.4. The first-order valence-electron chi connectivity index (χ1n) is 10.0. The highest BCUT2D eigenvalue weighted by molar-refractivity contribution is 9.10. The van der Waals surface area contributed by atoms with Crippen LogP contribution in [0.5, 0.6) is 5.75 Å². The topological polar surface area (TPSA) is 43.6 Å². The van der Waals surface area contributed by atoms with E-state index in [0.29, 0.717) is 20.8 Å². The van der Waals surface area contributed by atoms with E-state index in [1.54, 1.807) is 22.6 Å². The van der Waals surface area contributed by atoms with Crippen molar-refractivity contribution in [2.45, 2.75) is 20.5 Å². The summed E-state index contributed by atoms with van der Waals surface area (Å²) in [7, 11) is 0. The van der Waals surface area contributed by atoms with E-state index in [9.17, 15) is 9.18 Å². The van der Waals surface area contributed by atoms with Crippen molar-refractivity contribution in [2.75, 3.05) is 0 Å². The van der Waals surface area contributed by atoms with Gasteiger partial charge in [-0.05, 0) is 82.9 Å². The van der Waals surface area contributed by atoms with Crippen LogP contribution in [0.25, 0.3) is 22.1 Å². The van der Waals surface area contributed by atoms with Crippen molar-refractivity contribution in [3.05, 3.63) is 102 Å². The van der Waals surface area contributed by atoms with Crippen LogP contribution in [0.3, 0.4) is 0 Å². The Hall–Kier alpha value is -3.03. The molecule has 32 heavy (non-hydrogen) atoms. The fraction of sp³-hybridized carbons (Fsp3) is 0.120. The highest BCUT2D eigenvalue weighted by atomic mass is 79.9. The average Bonchev–Trinajstić information content (AvgIpc) is 3.25. The minimum absolute atomic E-state index is 0.0771. The van der Waals surface area contributed by atoms with Crippen molar-refractivity contribution in [1.82, 2.24) is 9.38 Å². The van der Waals surface area contributed by atoms with Gasteiger partial charge in [-0.1, -0.05) is 35.6 Å². The summed E-state index contributed by atoms with van der Waals surface area (Å²) in [5.74, 6) is 0.308. The van der Waals surface area contributed by atoms with E-state index in [-0.39, 0.29) is 18.0 Å². The molecule has 2 aromatic heterocycles. The number of hydrogen-bond acceptors (Lipinski definition) is 4. The molecule has 0 aliphatic carbocycles. The molecule has 0 saturated heterocycles. The predicted molar refractivity (Wildman–Crippen MR) is 130 cm³/mol. The molecule has 5 rings (SSSR count). The maximum atomic E-state index is 13.8. The highest BCUT2D eigenvalue weighted by Crippen LogP contribution is 2.27. The van der Waals surface area contributed by atoms with Gasteiger partial charge in [0.15, 0.2) is 4.96 Å². The van der Waals surface area contributed by atoms with Gasteiger partial charge in [0.05, 0.1) is 20.0 Å². The maximum Gasteiger partial charge on any atom is 0.274 e. The Balaban J connectivity index is 1.47. The molecular formula is C25H18BrFN2O2S. The molecule has 0 atom stereocenters. The van der Waals surface area contributed by atoms with Gasteiger partial charge in [0.1, 0.15) is 18.2 Å². The lowest BCUT2D eigenvalue weighted by molar-refractivity contribution is 0.298. The molecular weight excluding hydrogens is 491 g/mol. The van der Waals surface area contributed by atoms with Crippen LogP contribution in [0.15, 0.2) is 63.9 Å². The van der Waals surface area contributed by atoms with Crippen molar-refractivity contribution in [2.24, 2.45) is 0 Å². The third kappa shape index (κ3) is 3.72. The summed E-state index contributed by atoms with van der Waals surface area (Å²) in [5.41, 5.74) is 5.23. The summed E-state index contributed by atoms with van der Waals surface area (Å²) >= 11 is 4.89. The first kappa shape index (κ1) is 20.8. The van der Waals surface area contributed by atoms with E-state index in [1.807, 2.05) is 50.3 Å². The van der Waals surface area contributed by atoms with Gasteiger partial charge in [-0.15, -0.1) is 0 Å². The number of rotatable bonds is 4. The zero-order valence-electron chi connectivity index (χ0n) is 17.4. The Morgan fingerprint density at radius 2 is 1.91 bits per heavy atom. The number of hydrogen-bond donors (Lipinski definition) is 0. The van der Waals surface area contributed by atoms with Gasteiger partial charge in [-0.25, -0.2) is 13.8 Å². The van der Waals surface area contributed by atoms with E-state index in [2.05, 4.69) is 20.9 Å². The molecule has 0 aliphatic heterocycles. The lowest BCUT2D eigenvalue weighted by Gasteiger charge is -2.09. The summed E-state index contributed by atoms with van der Waals surface area (Å²) < 4.78 is 22.6. The van der Waals surface area contributed by atoms with E-state index in [1.165, 1.54) is 17.4 Å². The number of fused-ring (bicyclic) bond motifs is 3. The number of aromatic nitrogens is 2. The number of benzene rings is 3. The monoisotopic (exact) mass is 508 g/mol. The molecule has 7 heteroatoms. The lowest BCUT2D eigenvalue weighted by atomic mass is 10.1. The molecule has 0 aliphatic rings. The fourth-order valence-corrected chi connectivity index (χ4v) is 5.06. The van der Waals surface area contributed by atoms with Gasteiger partial charge >= 0.3 is 0 Å². The van der Waals surface area contributed by atoms with Gasteiger partial charge in [-0.2, -0.15) is 0 Å². The Labute approximate surface area is 195 Å². The molecule has 0 unspecified atom stereocenters. The van der Waals surface area contributed by atoms with Crippen LogP contribution in [0.2, 0.25) is 0 Å². The molecule has 0 amide bonds. The molecule has 2 heterocycles. The Kier molecular flexibility index (Phi) is 5.31. The summed E-state index contributed by atoms with van der Waals surface area (Å²) in [6.45, 7) is 4.21. The molecule has 3 aromatic carbocycles. The number of thiazole rings is 1. The fourth-order valence-electron chi connectivity index (χ4n) is 3.56. The number of halogens is 2. The minimum Gasteiger partial charge on any atom is -0.488 e. The average molecular weight is 509 g/mol. The van der Waals surface area contributed by atoms with Crippen molar-refractivity contribution in [3.8, 4) is 5.75 Å². The predicted octanol–water partition coefficient (Wildman–Crippen LogP) is 5.55. The molecule has 0 radical (unpaired) electrons. The van der Waals surface area contributed by atoms with Gasteiger partial charge < -0.3 is 4.74 Å². The molecule has 0 fully saturated rings. The summed E-state index contributed by atoms with van der Waals surface area (Å²) in [4.78, 5) is 18.4. The molecule has 0 spiro atoms. The summed E-state index contributed by atoms with van der Waals surface area (Å²) in [5, 5.41) is 0.